The molecule has 110 valence electrons. The molecule has 0 N–H and O–H groups in total. The number of carbonyl (C=O) groups is 2. The van der Waals surface area contributed by atoms with E-state index in [0.29, 0.717) is 19.4 Å². The van der Waals surface area contributed by atoms with Crippen LogP contribution in [-0.4, -0.2) is 37.5 Å². The van der Waals surface area contributed by atoms with Crippen LogP contribution in [0.1, 0.15) is 32.3 Å². The van der Waals surface area contributed by atoms with E-state index in [1.807, 2.05) is 44.2 Å². The second-order valence-electron chi connectivity index (χ2n) is 5.40. The highest BCUT2D eigenvalue weighted by Gasteiger charge is 2.31. The van der Waals surface area contributed by atoms with Gasteiger partial charge in [0.05, 0.1) is 12.5 Å². The number of benzene rings is 1. The average Bonchev–Trinajstić information content (AvgIpc) is 2.46. The van der Waals surface area contributed by atoms with E-state index >= 15 is 0 Å². The third-order valence-electron chi connectivity index (χ3n) is 3.48. The maximum Gasteiger partial charge on any atom is 0.305 e. The zero-order valence-corrected chi connectivity index (χ0v) is 12.7. The zero-order valence-electron chi connectivity index (χ0n) is 12.7. The second-order valence-corrected chi connectivity index (χ2v) is 5.40. The van der Waals surface area contributed by atoms with E-state index in [-0.39, 0.29) is 11.9 Å². The third kappa shape index (κ3) is 4.08. The van der Waals surface area contributed by atoms with Crippen molar-refractivity contribution in [3.05, 3.63) is 35.9 Å². The van der Waals surface area contributed by atoms with Gasteiger partial charge in [-0.2, -0.15) is 0 Å². The molecule has 0 radical (unpaired) electrons. The molecule has 0 spiro atoms. The molecule has 0 aliphatic heterocycles. The van der Waals surface area contributed by atoms with Gasteiger partial charge >= 0.3 is 5.97 Å². The molecule has 0 aliphatic carbocycles. The lowest BCUT2D eigenvalue weighted by Gasteiger charge is -2.29. The molecule has 0 atom stereocenters. The maximum absolute atomic E-state index is 12.5. The van der Waals surface area contributed by atoms with Crippen LogP contribution in [0, 0.1) is 0 Å². The zero-order chi connectivity index (χ0) is 15.2. The molecule has 0 heterocycles. The van der Waals surface area contributed by atoms with Gasteiger partial charge < -0.3 is 9.64 Å². The number of nitrogens with zero attached hydrogens (tertiary/aromatic N) is 1. The van der Waals surface area contributed by atoms with Gasteiger partial charge in [0.15, 0.2) is 0 Å². The summed E-state index contributed by atoms with van der Waals surface area (Å²) in [7, 11) is 3.14. The average molecular weight is 277 g/mol. The summed E-state index contributed by atoms with van der Waals surface area (Å²) >= 11 is 0. The van der Waals surface area contributed by atoms with Crippen molar-refractivity contribution in [3.8, 4) is 0 Å². The highest BCUT2D eigenvalue weighted by atomic mass is 16.5. The van der Waals surface area contributed by atoms with Crippen molar-refractivity contribution >= 4 is 11.9 Å². The number of methoxy groups -OCH3 is 1. The van der Waals surface area contributed by atoms with Crippen molar-refractivity contribution in [2.45, 2.75) is 32.1 Å². The molecule has 0 bridgehead atoms. The minimum Gasteiger partial charge on any atom is -0.469 e. The van der Waals surface area contributed by atoms with E-state index < -0.39 is 5.41 Å². The smallest absolute Gasteiger partial charge is 0.305 e. The van der Waals surface area contributed by atoms with Crippen LogP contribution in [0.25, 0.3) is 0 Å². The number of hydrogen-bond acceptors (Lipinski definition) is 3. The highest BCUT2D eigenvalue weighted by molar-refractivity contribution is 5.87. The van der Waals surface area contributed by atoms with Crippen LogP contribution in [0.5, 0.6) is 0 Å². The summed E-state index contributed by atoms with van der Waals surface area (Å²) in [5.41, 5.74) is 0.422. The summed E-state index contributed by atoms with van der Waals surface area (Å²) < 4.78 is 4.59. The largest absolute Gasteiger partial charge is 0.469 e. The summed E-state index contributed by atoms with van der Waals surface area (Å²) in [5.74, 6) is -0.193. The molecule has 0 saturated carbocycles. The lowest BCUT2D eigenvalue weighted by molar-refractivity contribution is -0.141. The van der Waals surface area contributed by atoms with Crippen LogP contribution in [0.15, 0.2) is 30.3 Å². The fraction of sp³-hybridized carbons (Fsp3) is 0.500. The predicted octanol–water partition coefficient (Wildman–Crippen LogP) is 2.38. The molecule has 0 aromatic heterocycles. The van der Waals surface area contributed by atoms with Gasteiger partial charge in [-0.25, -0.2) is 0 Å². The van der Waals surface area contributed by atoms with E-state index in [2.05, 4.69) is 4.74 Å². The number of amides is 1. The molecule has 20 heavy (non-hydrogen) atoms. The standard InChI is InChI=1S/C16H23NO3/c1-16(2,13-9-6-5-7-10-13)15(19)17(3)12-8-11-14(18)20-4/h5-7,9-10H,8,11-12H2,1-4H3. The summed E-state index contributed by atoms with van der Waals surface area (Å²) in [4.78, 5) is 25.3. The first-order valence-corrected chi connectivity index (χ1v) is 6.77. The lowest BCUT2D eigenvalue weighted by Crippen LogP contribution is -2.41. The number of esters is 1. The molecular weight excluding hydrogens is 254 g/mol. The maximum atomic E-state index is 12.5. The van der Waals surface area contributed by atoms with Crippen molar-refractivity contribution in [2.75, 3.05) is 20.7 Å². The van der Waals surface area contributed by atoms with Gasteiger partial charge in [-0.05, 0) is 25.8 Å². The summed E-state index contributed by atoms with van der Waals surface area (Å²) in [5, 5.41) is 0. The van der Waals surface area contributed by atoms with Crippen LogP contribution in [0.3, 0.4) is 0 Å². The lowest BCUT2D eigenvalue weighted by atomic mass is 9.83. The molecule has 1 aromatic rings. The van der Waals surface area contributed by atoms with Gasteiger partial charge in [0.2, 0.25) is 5.91 Å². The minimum absolute atomic E-state index is 0.0496. The second kappa shape index (κ2) is 7.08. The predicted molar refractivity (Wildman–Crippen MR) is 78.4 cm³/mol. The van der Waals surface area contributed by atoms with Crippen LogP contribution in [-0.2, 0) is 19.7 Å². The number of likely N-dealkylation sites (N-methyl/N-ethyl adjacent to an activating group) is 1. The van der Waals surface area contributed by atoms with E-state index in [9.17, 15) is 9.59 Å². The van der Waals surface area contributed by atoms with Crippen LogP contribution in [0.2, 0.25) is 0 Å². The number of ether oxygens (including phenoxy) is 1. The molecule has 0 fully saturated rings. The topological polar surface area (TPSA) is 46.6 Å². The highest BCUT2D eigenvalue weighted by Crippen LogP contribution is 2.25. The molecule has 4 nitrogen and oxygen atoms in total. The van der Waals surface area contributed by atoms with Gasteiger partial charge in [0.25, 0.3) is 0 Å². The van der Waals surface area contributed by atoms with E-state index in [0.717, 1.165) is 5.56 Å². The van der Waals surface area contributed by atoms with E-state index in [1.54, 1.807) is 11.9 Å². The van der Waals surface area contributed by atoms with Gasteiger partial charge in [-0.1, -0.05) is 30.3 Å². The Labute approximate surface area is 120 Å². The first kappa shape index (κ1) is 16.2. The van der Waals surface area contributed by atoms with Crippen LogP contribution < -0.4 is 0 Å². The Morgan fingerprint density at radius 1 is 1.20 bits per heavy atom. The minimum atomic E-state index is -0.568. The van der Waals surface area contributed by atoms with E-state index in [4.69, 9.17) is 0 Å². The van der Waals surface area contributed by atoms with Gasteiger partial charge in [-0.15, -0.1) is 0 Å². The van der Waals surface area contributed by atoms with Gasteiger partial charge in [-0.3, -0.25) is 9.59 Å². The van der Waals surface area contributed by atoms with Crippen molar-refractivity contribution in [3.63, 3.8) is 0 Å². The quantitative estimate of drug-likeness (QED) is 0.750. The van der Waals surface area contributed by atoms with Crippen LogP contribution in [0.4, 0.5) is 0 Å². The molecule has 1 aromatic carbocycles. The molecule has 4 heteroatoms. The SMILES string of the molecule is COC(=O)CCCN(C)C(=O)C(C)(C)c1ccccc1. The Morgan fingerprint density at radius 3 is 2.35 bits per heavy atom. The summed E-state index contributed by atoms with van der Waals surface area (Å²) in [6.07, 6.45) is 0.944. The fourth-order valence-electron chi connectivity index (χ4n) is 2.12. The molecule has 0 unspecified atom stereocenters. The van der Waals surface area contributed by atoms with Gasteiger partial charge in [0, 0.05) is 20.0 Å². The number of carbonyl (C=O) groups excluding carboxylic acids is 2. The van der Waals surface area contributed by atoms with E-state index in [1.165, 1.54) is 7.11 Å². The first-order valence-electron chi connectivity index (χ1n) is 6.77. The normalized spacial score (nSPS) is 11.0. The fourth-order valence-corrected chi connectivity index (χ4v) is 2.12. The molecule has 1 amide bonds. The Kier molecular flexibility index (Phi) is 5.74. The Bertz CT molecular complexity index is 454. The summed E-state index contributed by atoms with van der Waals surface area (Å²) in [6.45, 7) is 4.38. The first-order chi connectivity index (χ1) is 9.39. The van der Waals surface area contributed by atoms with Crippen molar-refractivity contribution in [1.82, 2.24) is 4.90 Å². The number of hydrogen-bond donors (Lipinski definition) is 0. The van der Waals surface area contributed by atoms with Crippen LogP contribution >= 0.6 is 0 Å². The molecular formula is C16H23NO3. The Hall–Kier alpha value is -1.84. The molecule has 0 aliphatic rings. The monoisotopic (exact) mass is 277 g/mol. The Balaban J connectivity index is 2.62. The molecule has 0 saturated heterocycles. The van der Waals surface area contributed by atoms with Gasteiger partial charge in [0.1, 0.15) is 0 Å². The van der Waals surface area contributed by atoms with Crippen molar-refractivity contribution < 1.29 is 14.3 Å². The Morgan fingerprint density at radius 2 is 1.80 bits per heavy atom. The number of rotatable bonds is 6. The van der Waals surface area contributed by atoms with Crippen molar-refractivity contribution in [1.29, 1.82) is 0 Å². The summed E-state index contributed by atoms with van der Waals surface area (Å²) in [6, 6.07) is 9.72. The molecule has 1 rings (SSSR count). The third-order valence-corrected chi connectivity index (χ3v) is 3.48. The van der Waals surface area contributed by atoms with Crippen molar-refractivity contribution in [2.24, 2.45) is 0 Å².